The van der Waals surface area contributed by atoms with Gasteiger partial charge in [-0.3, -0.25) is 10.2 Å². The van der Waals surface area contributed by atoms with Gasteiger partial charge in [0, 0.05) is 6.42 Å². The molecule has 1 amide bonds. The molecular formula is C16H21BrN2O3S2. The van der Waals surface area contributed by atoms with Crippen LogP contribution >= 0.6 is 27.3 Å². The summed E-state index contributed by atoms with van der Waals surface area (Å²) >= 11 is 4.36. The minimum atomic E-state index is -3.69. The molecule has 5 nitrogen and oxygen atoms in total. The van der Waals surface area contributed by atoms with Crippen molar-refractivity contribution in [3.63, 3.8) is 0 Å². The van der Waals surface area contributed by atoms with Crippen LogP contribution in [0.2, 0.25) is 0 Å². The van der Waals surface area contributed by atoms with E-state index in [1.807, 2.05) is 0 Å². The van der Waals surface area contributed by atoms with E-state index in [0.717, 1.165) is 52.1 Å². The number of hydrogen-bond donors (Lipinski definition) is 2. The summed E-state index contributed by atoms with van der Waals surface area (Å²) in [5.74, 6) is 2.13. The Kier molecular flexibility index (Phi) is 4.30. The van der Waals surface area contributed by atoms with Gasteiger partial charge in [-0.2, -0.15) is 0 Å². The Morgan fingerprint density at radius 1 is 1.17 bits per heavy atom. The summed E-state index contributed by atoms with van der Waals surface area (Å²) in [5.41, 5.74) is 2.53. The van der Waals surface area contributed by atoms with E-state index in [1.54, 1.807) is 6.07 Å². The topological polar surface area (TPSA) is 75.3 Å². The molecule has 4 aliphatic carbocycles. The molecule has 4 bridgehead atoms. The van der Waals surface area contributed by atoms with Crippen LogP contribution in [0.25, 0.3) is 0 Å². The van der Waals surface area contributed by atoms with Crippen molar-refractivity contribution in [2.45, 2.75) is 49.2 Å². The van der Waals surface area contributed by atoms with Crippen molar-refractivity contribution in [3.05, 3.63) is 15.9 Å². The number of carbonyl (C=O) groups excluding carboxylic acids is 1. The number of thiophene rings is 1. The van der Waals surface area contributed by atoms with Gasteiger partial charge in [0.2, 0.25) is 5.91 Å². The summed E-state index contributed by atoms with van der Waals surface area (Å²) in [5, 5.41) is 0. The van der Waals surface area contributed by atoms with E-state index in [-0.39, 0.29) is 15.5 Å². The summed E-state index contributed by atoms with van der Waals surface area (Å²) in [6, 6.07) is 3.19. The van der Waals surface area contributed by atoms with Crippen molar-refractivity contribution < 1.29 is 13.2 Å². The van der Waals surface area contributed by atoms with Gasteiger partial charge < -0.3 is 0 Å². The van der Waals surface area contributed by atoms with Crippen molar-refractivity contribution in [2.75, 3.05) is 0 Å². The van der Waals surface area contributed by atoms with Gasteiger partial charge in [0.1, 0.15) is 4.21 Å². The van der Waals surface area contributed by atoms with Crippen LogP contribution in [0.4, 0.5) is 0 Å². The van der Waals surface area contributed by atoms with Gasteiger partial charge in [-0.25, -0.2) is 8.42 Å². The van der Waals surface area contributed by atoms with E-state index in [2.05, 4.69) is 26.2 Å². The fourth-order valence-corrected chi connectivity index (χ4v) is 8.38. The van der Waals surface area contributed by atoms with Gasteiger partial charge in [-0.15, -0.1) is 16.2 Å². The quantitative estimate of drug-likeness (QED) is 0.699. The van der Waals surface area contributed by atoms with Crippen LogP contribution in [0, 0.1) is 23.2 Å². The lowest BCUT2D eigenvalue weighted by atomic mass is 9.49. The lowest BCUT2D eigenvalue weighted by molar-refractivity contribution is -0.129. The number of amides is 1. The second-order valence-electron chi connectivity index (χ2n) is 7.81. The van der Waals surface area contributed by atoms with Crippen molar-refractivity contribution in [2.24, 2.45) is 23.2 Å². The molecule has 0 radical (unpaired) electrons. The summed E-state index contributed by atoms with van der Waals surface area (Å²) < 4.78 is 25.3. The fourth-order valence-electron chi connectivity index (χ4n) is 5.51. The van der Waals surface area contributed by atoms with Crippen LogP contribution in [0.3, 0.4) is 0 Å². The number of rotatable bonds is 5. The lowest BCUT2D eigenvalue weighted by Crippen LogP contribution is -2.49. The highest BCUT2D eigenvalue weighted by Crippen LogP contribution is 2.61. The number of carbonyl (C=O) groups is 1. The summed E-state index contributed by atoms with van der Waals surface area (Å²) in [7, 11) is -3.69. The van der Waals surface area contributed by atoms with Gasteiger partial charge in [0.25, 0.3) is 10.0 Å². The number of nitrogens with one attached hydrogen (secondary N) is 2. The molecule has 1 aromatic heterocycles. The molecule has 1 heterocycles. The molecule has 4 saturated carbocycles. The molecule has 0 saturated heterocycles. The minimum Gasteiger partial charge on any atom is -0.278 e. The SMILES string of the molecule is O=C(CC12CC3CC(CC(C3)C1)C2)NNS(=O)(=O)c1ccc(Br)s1. The van der Waals surface area contributed by atoms with Crippen molar-refractivity contribution in [3.8, 4) is 0 Å². The van der Waals surface area contributed by atoms with Gasteiger partial charge in [-0.05, 0) is 89.8 Å². The zero-order valence-corrected chi connectivity index (χ0v) is 16.5. The van der Waals surface area contributed by atoms with Crippen molar-refractivity contribution >= 4 is 43.2 Å². The van der Waals surface area contributed by atoms with E-state index in [9.17, 15) is 13.2 Å². The Morgan fingerprint density at radius 3 is 2.25 bits per heavy atom. The third-order valence-corrected chi connectivity index (χ3v) is 9.20. The highest BCUT2D eigenvalue weighted by molar-refractivity contribution is 9.11. The lowest BCUT2D eigenvalue weighted by Gasteiger charge is -2.56. The first kappa shape index (κ1) is 17.0. The third-order valence-electron chi connectivity index (χ3n) is 5.84. The number of halogens is 1. The molecule has 5 rings (SSSR count). The molecule has 0 aliphatic heterocycles. The molecule has 4 aliphatic rings. The zero-order valence-electron chi connectivity index (χ0n) is 13.3. The molecule has 8 heteroatoms. The minimum absolute atomic E-state index is 0.107. The standard InChI is InChI=1S/C16H21BrN2O3S2/c17-13-1-2-15(23-13)24(21,22)19-18-14(20)9-16-6-10-3-11(7-16)5-12(4-10)8-16/h1-2,10-12,19H,3-9H2,(H,18,20). The monoisotopic (exact) mass is 432 g/mol. The molecule has 0 aromatic carbocycles. The highest BCUT2D eigenvalue weighted by Gasteiger charge is 2.51. The van der Waals surface area contributed by atoms with E-state index >= 15 is 0 Å². The second-order valence-corrected chi connectivity index (χ2v) is 12.2. The molecule has 1 aromatic rings. The predicted molar refractivity (Wildman–Crippen MR) is 95.7 cm³/mol. The smallest absolute Gasteiger partial charge is 0.266 e. The first-order valence-corrected chi connectivity index (χ1v) is 11.5. The summed E-state index contributed by atoms with van der Waals surface area (Å²) in [6.07, 6.45) is 7.85. The molecule has 132 valence electrons. The van der Waals surface area contributed by atoms with Crippen LogP contribution in [0.1, 0.15) is 44.9 Å². The third kappa shape index (κ3) is 3.30. The average Bonchev–Trinajstić information content (AvgIpc) is 2.91. The van der Waals surface area contributed by atoms with Crippen LogP contribution in [-0.4, -0.2) is 14.3 Å². The second kappa shape index (κ2) is 6.07. The van der Waals surface area contributed by atoms with Crippen LogP contribution in [0.5, 0.6) is 0 Å². The molecule has 0 unspecified atom stereocenters. The Hall–Kier alpha value is -0.440. The van der Waals surface area contributed by atoms with Crippen LogP contribution in [-0.2, 0) is 14.8 Å². The fraction of sp³-hybridized carbons (Fsp3) is 0.688. The normalized spacial score (nSPS) is 34.5. The molecule has 24 heavy (non-hydrogen) atoms. The van der Waals surface area contributed by atoms with Gasteiger partial charge >= 0.3 is 0 Å². The van der Waals surface area contributed by atoms with E-state index in [4.69, 9.17) is 0 Å². The first-order chi connectivity index (χ1) is 11.3. The summed E-state index contributed by atoms with van der Waals surface area (Å²) in [6.45, 7) is 0. The van der Waals surface area contributed by atoms with Crippen LogP contribution < -0.4 is 10.3 Å². The molecule has 4 fully saturated rings. The maximum absolute atomic E-state index is 12.4. The maximum atomic E-state index is 12.4. The van der Waals surface area contributed by atoms with Crippen LogP contribution in [0.15, 0.2) is 20.1 Å². The Morgan fingerprint density at radius 2 is 1.75 bits per heavy atom. The summed E-state index contributed by atoms with van der Waals surface area (Å²) in [4.78, 5) is 14.6. The van der Waals surface area contributed by atoms with Gasteiger partial charge in [0.15, 0.2) is 0 Å². The Labute approximate surface area is 154 Å². The first-order valence-electron chi connectivity index (χ1n) is 8.40. The van der Waals surface area contributed by atoms with E-state index < -0.39 is 10.0 Å². The largest absolute Gasteiger partial charge is 0.278 e. The van der Waals surface area contributed by atoms with Gasteiger partial charge in [0.05, 0.1) is 3.79 Å². The van der Waals surface area contributed by atoms with Crippen molar-refractivity contribution in [1.82, 2.24) is 10.3 Å². The van der Waals surface area contributed by atoms with Gasteiger partial charge in [-0.1, -0.05) is 0 Å². The van der Waals surface area contributed by atoms with Crippen molar-refractivity contribution in [1.29, 1.82) is 0 Å². The molecule has 2 N–H and O–H groups in total. The zero-order chi connectivity index (χ0) is 16.9. The number of hydrogen-bond acceptors (Lipinski definition) is 4. The Balaban J connectivity index is 1.37. The number of sulfonamides is 1. The number of hydrazine groups is 1. The van der Waals surface area contributed by atoms with E-state index in [0.29, 0.717) is 6.42 Å². The molecular weight excluding hydrogens is 412 g/mol. The predicted octanol–water partition coefficient (Wildman–Crippen LogP) is 3.43. The molecule has 0 atom stereocenters. The Bertz CT molecular complexity index is 724. The van der Waals surface area contributed by atoms with E-state index in [1.165, 1.54) is 25.3 Å². The molecule has 0 spiro atoms. The highest BCUT2D eigenvalue weighted by atomic mass is 79.9. The maximum Gasteiger partial charge on any atom is 0.266 e. The average molecular weight is 433 g/mol.